The largest absolute Gasteiger partial charge is 0.385 e. The van der Waals surface area contributed by atoms with Crippen LogP contribution < -0.4 is 5.73 Å². The summed E-state index contributed by atoms with van der Waals surface area (Å²) in [6, 6.07) is 2.03. The maximum Gasteiger partial charge on any atom is 0.236 e. The van der Waals surface area contributed by atoms with E-state index < -0.39 is 6.10 Å². The predicted molar refractivity (Wildman–Crippen MR) is 93.9 cm³/mol. The minimum absolute atomic E-state index is 0.0205. The van der Waals surface area contributed by atoms with Gasteiger partial charge in [-0.1, -0.05) is 0 Å². The predicted octanol–water partition coefficient (Wildman–Crippen LogP) is 1.09. The van der Waals surface area contributed by atoms with E-state index in [1.807, 2.05) is 12.3 Å². The van der Waals surface area contributed by atoms with Gasteiger partial charge in [-0.3, -0.25) is 4.79 Å². The van der Waals surface area contributed by atoms with E-state index >= 15 is 0 Å². The van der Waals surface area contributed by atoms with Gasteiger partial charge in [0.15, 0.2) is 0 Å². The van der Waals surface area contributed by atoms with E-state index in [2.05, 4.69) is 19.5 Å². The molecule has 1 saturated heterocycles. The van der Waals surface area contributed by atoms with E-state index in [0.29, 0.717) is 12.4 Å². The van der Waals surface area contributed by atoms with Crippen molar-refractivity contribution in [1.29, 1.82) is 0 Å². The van der Waals surface area contributed by atoms with E-state index in [1.54, 1.807) is 18.0 Å². The number of imidazole rings is 1. The van der Waals surface area contributed by atoms with Gasteiger partial charge < -0.3 is 25.3 Å². The third-order valence-corrected chi connectivity index (χ3v) is 4.92. The number of nitrogens with zero attached hydrogens (tertiary/aromatic N) is 4. The van der Waals surface area contributed by atoms with Crippen LogP contribution in [0.4, 0.5) is 0 Å². The molecule has 3 aromatic heterocycles. The summed E-state index contributed by atoms with van der Waals surface area (Å²) in [6.45, 7) is 3.04. The van der Waals surface area contributed by atoms with E-state index in [-0.39, 0.29) is 18.5 Å². The van der Waals surface area contributed by atoms with Gasteiger partial charge in [0.2, 0.25) is 5.91 Å². The Morgan fingerprint density at radius 1 is 1.56 bits per heavy atom. The molecule has 8 nitrogen and oxygen atoms in total. The molecule has 4 heterocycles. The molecular weight excluding hydrogens is 320 g/mol. The van der Waals surface area contributed by atoms with Crippen molar-refractivity contribution in [1.82, 2.24) is 24.4 Å². The van der Waals surface area contributed by atoms with Crippen molar-refractivity contribution < 1.29 is 9.90 Å². The first-order valence-electron chi connectivity index (χ1n) is 8.60. The zero-order valence-corrected chi connectivity index (χ0v) is 14.1. The molecule has 8 heteroatoms. The third-order valence-electron chi connectivity index (χ3n) is 4.92. The number of aromatic nitrogens is 4. The lowest BCUT2D eigenvalue weighted by molar-refractivity contribution is -0.131. The number of amides is 1. The van der Waals surface area contributed by atoms with Gasteiger partial charge >= 0.3 is 0 Å². The SMILES string of the molecule is C[C@@H](O)c1nc2cnc3[nH]ccc3c2n1[C@@H]1CCCN(C(=O)CN)C1. The van der Waals surface area contributed by atoms with Gasteiger partial charge in [-0.05, 0) is 25.8 Å². The summed E-state index contributed by atoms with van der Waals surface area (Å²) >= 11 is 0. The summed E-state index contributed by atoms with van der Waals surface area (Å²) in [5, 5.41) is 11.2. The number of nitrogens with two attached hydrogens (primary N) is 1. The number of rotatable bonds is 3. The second-order valence-corrected chi connectivity index (χ2v) is 6.59. The quantitative estimate of drug-likeness (QED) is 0.659. The fourth-order valence-electron chi connectivity index (χ4n) is 3.80. The Labute approximate surface area is 144 Å². The molecule has 0 aromatic carbocycles. The second kappa shape index (κ2) is 6.12. The van der Waals surface area contributed by atoms with Gasteiger partial charge in [-0.25, -0.2) is 9.97 Å². The summed E-state index contributed by atoms with van der Waals surface area (Å²) in [5.41, 5.74) is 8.03. The molecule has 132 valence electrons. The summed E-state index contributed by atoms with van der Waals surface area (Å²) in [7, 11) is 0. The average Bonchev–Trinajstić information content (AvgIpc) is 3.24. The minimum atomic E-state index is -0.707. The van der Waals surface area contributed by atoms with E-state index in [1.165, 1.54) is 0 Å². The highest BCUT2D eigenvalue weighted by Crippen LogP contribution is 2.33. The molecule has 3 aromatic rings. The molecule has 25 heavy (non-hydrogen) atoms. The number of aromatic amines is 1. The van der Waals surface area contributed by atoms with Crippen molar-refractivity contribution in [2.75, 3.05) is 19.6 Å². The molecule has 1 aliphatic heterocycles. The van der Waals surface area contributed by atoms with Crippen LogP contribution >= 0.6 is 0 Å². The third kappa shape index (κ3) is 2.58. The number of likely N-dealkylation sites (tertiary alicyclic amines) is 1. The Balaban J connectivity index is 1.88. The van der Waals surface area contributed by atoms with Gasteiger partial charge in [0.1, 0.15) is 23.1 Å². The lowest BCUT2D eigenvalue weighted by Crippen LogP contribution is -2.43. The van der Waals surface area contributed by atoms with Crippen molar-refractivity contribution in [3.8, 4) is 0 Å². The molecule has 0 unspecified atom stereocenters. The zero-order valence-electron chi connectivity index (χ0n) is 14.1. The van der Waals surface area contributed by atoms with Crippen LogP contribution in [0.3, 0.4) is 0 Å². The molecule has 0 spiro atoms. The number of carbonyl (C=O) groups excluding carboxylic acids is 1. The Kier molecular flexibility index (Phi) is 3.93. The number of pyridine rings is 1. The van der Waals surface area contributed by atoms with Crippen LogP contribution in [-0.4, -0.2) is 55.1 Å². The van der Waals surface area contributed by atoms with Crippen LogP contribution in [0.5, 0.6) is 0 Å². The number of hydrogen-bond acceptors (Lipinski definition) is 5. The first kappa shape index (κ1) is 16.0. The van der Waals surface area contributed by atoms with Crippen LogP contribution in [0.2, 0.25) is 0 Å². The molecule has 4 N–H and O–H groups in total. The summed E-state index contributed by atoms with van der Waals surface area (Å²) in [4.78, 5) is 26.0. The molecule has 0 radical (unpaired) electrons. The molecule has 1 amide bonds. The molecule has 1 fully saturated rings. The number of aliphatic hydroxyl groups excluding tert-OH is 1. The molecular formula is C17H22N6O2. The lowest BCUT2D eigenvalue weighted by atomic mass is 10.0. The average molecular weight is 342 g/mol. The number of nitrogens with one attached hydrogen (secondary N) is 1. The molecule has 0 bridgehead atoms. The van der Waals surface area contributed by atoms with Crippen molar-refractivity contribution in [2.45, 2.75) is 31.9 Å². The van der Waals surface area contributed by atoms with E-state index in [4.69, 9.17) is 5.73 Å². The highest BCUT2D eigenvalue weighted by atomic mass is 16.3. The monoisotopic (exact) mass is 342 g/mol. The minimum Gasteiger partial charge on any atom is -0.385 e. The highest BCUT2D eigenvalue weighted by Gasteiger charge is 2.29. The van der Waals surface area contributed by atoms with Crippen LogP contribution in [0, 0.1) is 0 Å². The van der Waals surface area contributed by atoms with Gasteiger partial charge in [0, 0.05) is 24.7 Å². The number of H-pyrrole nitrogens is 1. The number of aliphatic hydroxyl groups is 1. The fraction of sp³-hybridized carbons (Fsp3) is 0.471. The summed E-state index contributed by atoms with van der Waals surface area (Å²) < 4.78 is 2.09. The number of hydrogen-bond donors (Lipinski definition) is 3. The van der Waals surface area contributed by atoms with Gasteiger partial charge in [0.05, 0.1) is 24.3 Å². The van der Waals surface area contributed by atoms with Crippen molar-refractivity contribution in [2.24, 2.45) is 5.73 Å². The molecule has 1 aliphatic rings. The van der Waals surface area contributed by atoms with Gasteiger partial charge in [-0.15, -0.1) is 0 Å². The molecule has 0 saturated carbocycles. The smallest absolute Gasteiger partial charge is 0.236 e. The van der Waals surface area contributed by atoms with E-state index in [9.17, 15) is 9.90 Å². The van der Waals surface area contributed by atoms with Crippen molar-refractivity contribution in [3.05, 3.63) is 24.3 Å². The Morgan fingerprint density at radius 3 is 3.16 bits per heavy atom. The van der Waals surface area contributed by atoms with Crippen LogP contribution in [0.1, 0.15) is 37.7 Å². The van der Waals surface area contributed by atoms with Crippen LogP contribution in [-0.2, 0) is 4.79 Å². The van der Waals surface area contributed by atoms with Crippen molar-refractivity contribution >= 4 is 28.0 Å². The maximum absolute atomic E-state index is 12.0. The van der Waals surface area contributed by atoms with Gasteiger partial charge in [0.25, 0.3) is 0 Å². The standard InChI is InChI=1S/C17H22N6O2/c1-10(24)17-21-13-8-20-16-12(4-5-19-16)15(13)23(17)11-3-2-6-22(9-11)14(25)7-18/h4-5,8,10-11,24H,2-3,6-7,9,18H2,1H3,(H,19,20)/t10-,11-/m1/s1. The number of piperidine rings is 1. The van der Waals surface area contributed by atoms with Crippen LogP contribution in [0.15, 0.2) is 18.5 Å². The second-order valence-electron chi connectivity index (χ2n) is 6.59. The van der Waals surface area contributed by atoms with Crippen LogP contribution in [0.25, 0.3) is 22.1 Å². The van der Waals surface area contributed by atoms with Crippen molar-refractivity contribution in [3.63, 3.8) is 0 Å². The molecule has 4 rings (SSSR count). The number of carbonyl (C=O) groups is 1. The summed E-state index contributed by atoms with van der Waals surface area (Å²) in [5.74, 6) is 0.568. The van der Waals surface area contributed by atoms with E-state index in [0.717, 1.165) is 41.5 Å². The van der Waals surface area contributed by atoms with Gasteiger partial charge in [-0.2, -0.15) is 0 Å². The maximum atomic E-state index is 12.0. The zero-order chi connectivity index (χ0) is 17.6. The first-order chi connectivity index (χ1) is 12.1. The lowest BCUT2D eigenvalue weighted by Gasteiger charge is -2.34. The topological polar surface area (TPSA) is 113 Å². The number of fused-ring (bicyclic) bond motifs is 3. The highest BCUT2D eigenvalue weighted by molar-refractivity contribution is 6.01. The summed E-state index contributed by atoms with van der Waals surface area (Å²) in [6.07, 6.45) is 4.69. The Morgan fingerprint density at radius 2 is 2.40 bits per heavy atom. The Hall–Kier alpha value is -2.45. The first-order valence-corrected chi connectivity index (χ1v) is 8.60. The molecule has 0 aliphatic carbocycles. The normalized spacial score (nSPS) is 19.6. The fourth-order valence-corrected chi connectivity index (χ4v) is 3.80. The molecule has 2 atom stereocenters. The Bertz CT molecular complexity index is 928.